The predicted octanol–water partition coefficient (Wildman–Crippen LogP) is 2.51. The largest absolute Gasteiger partial charge is 0.387 e. The van der Waals surface area contributed by atoms with Gasteiger partial charge in [0.1, 0.15) is 0 Å². The van der Waals surface area contributed by atoms with E-state index in [9.17, 15) is 5.11 Å². The van der Waals surface area contributed by atoms with Gasteiger partial charge in [0.25, 0.3) is 0 Å². The van der Waals surface area contributed by atoms with Crippen LogP contribution in [0.5, 0.6) is 0 Å². The lowest BCUT2D eigenvalue weighted by atomic mass is 10.0. The Balaban J connectivity index is 2.05. The lowest BCUT2D eigenvalue weighted by Crippen LogP contribution is -2.35. The molecule has 1 N–H and O–H groups in total. The van der Waals surface area contributed by atoms with Crippen LogP contribution >= 0.6 is 0 Å². The maximum atomic E-state index is 10.3. The molecule has 2 nitrogen and oxygen atoms in total. The van der Waals surface area contributed by atoms with Gasteiger partial charge in [0.05, 0.1) is 6.10 Å². The predicted molar refractivity (Wildman–Crippen MR) is 66.4 cm³/mol. The maximum absolute atomic E-state index is 10.3. The van der Waals surface area contributed by atoms with Gasteiger partial charge in [-0.05, 0) is 45.3 Å². The first kappa shape index (κ1) is 11.6. The number of aryl methyl sites for hydroxylation is 1. The Morgan fingerprint density at radius 3 is 2.25 bits per heavy atom. The summed E-state index contributed by atoms with van der Waals surface area (Å²) in [6.07, 6.45) is 2.18. The normalized spacial score (nSPS) is 20.9. The molecule has 0 aromatic heterocycles. The molecule has 1 aromatic carbocycles. The second kappa shape index (κ2) is 4.98. The number of rotatable bonds is 3. The van der Waals surface area contributed by atoms with Gasteiger partial charge in [-0.3, -0.25) is 4.90 Å². The van der Waals surface area contributed by atoms with Gasteiger partial charge in [-0.15, -0.1) is 0 Å². The van der Waals surface area contributed by atoms with Crippen LogP contribution in [-0.2, 0) is 0 Å². The average molecular weight is 219 g/mol. The number of benzene rings is 1. The number of hydrogen-bond acceptors (Lipinski definition) is 2. The Hall–Kier alpha value is -0.860. The minimum atomic E-state index is -0.362. The van der Waals surface area contributed by atoms with Gasteiger partial charge >= 0.3 is 0 Å². The van der Waals surface area contributed by atoms with Crippen molar-refractivity contribution >= 4 is 0 Å². The van der Waals surface area contributed by atoms with E-state index >= 15 is 0 Å². The van der Waals surface area contributed by atoms with Crippen LogP contribution in [0.2, 0.25) is 0 Å². The van der Waals surface area contributed by atoms with Crippen molar-refractivity contribution in [3.05, 3.63) is 35.4 Å². The second-order valence-electron chi connectivity index (χ2n) is 4.84. The molecular weight excluding hydrogens is 198 g/mol. The lowest BCUT2D eigenvalue weighted by molar-refractivity contribution is 0.0716. The summed E-state index contributed by atoms with van der Waals surface area (Å²) in [7, 11) is 0. The number of likely N-dealkylation sites (tertiary alicyclic amines) is 1. The minimum Gasteiger partial charge on any atom is -0.387 e. The van der Waals surface area contributed by atoms with E-state index < -0.39 is 0 Å². The summed E-state index contributed by atoms with van der Waals surface area (Å²) in [4.78, 5) is 2.38. The molecule has 1 aliphatic rings. The summed E-state index contributed by atoms with van der Waals surface area (Å²) in [6.45, 7) is 6.45. The SMILES string of the molecule is Cc1ccc([C@H](O)[C@H](C)N2CCCC2)cc1. The molecule has 0 spiro atoms. The van der Waals surface area contributed by atoms with Crippen molar-refractivity contribution < 1.29 is 5.11 Å². The molecule has 0 saturated carbocycles. The summed E-state index contributed by atoms with van der Waals surface area (Å²) in [6, 6.07) is 8.43. The number of aliphatic hydroxyl groups excluding tert-OH is 1. The van der Waals surface area contributed by atoms with Gasteiger partial charge in [-0.1, -0.05) is 29.8 Å². The Morgan fingerprint density at radius 2 is 1.69 bits per heavy atom. The van der Waals surface area contributed by atoms with Crippen LogP contribution in [0.15, 0.2) is 24.3 Å². The molecule has 2 rings (SSSR count). The molecule has 2 heteroatoms. The third-order valence-electron chi connectivity index (χ3n) is 3.59. The van der Waals surface area contributed by atoms with Gasteiger partial charge in [-0.25, -0.2) is 0 Å². The van der Waals surface area contributed by atoms with Gasteiger partial charge < -0.3 is 5.11 Å². The zero-order valence-electron chi connectivity index (χ0n) is 10.2. The Labute approximate surface area is 97.9 Å². The van der Waals surface area contributed by atoms with Crippen LogP contribution in [-0.4, -0.2) is 29.1 Å². The molecule has 1 heterocycles. The Bertz CT molecular complexity index is 327. The number of aliphatic hydroxyl groups is 1. The van der Waals surface area contributed by atoms with E-state index in [1.807, 2.05) is 12.1 Å². The fourth-order valence-corrected chi connectivity index (χ4v) is 2.39. The summed E-state index contributed by atoms with van der Waals surface area (Å²) < 4.78 is 0. The first-order valence-electron chi connectivity index (χ1n) is 6.17. The molecule has 1 saturated heterocycles. The molecule has 1 fully saturated rings. The van der Waals surface area contributed by atoms with Crippen LogP contribution in [0, 0.1) is 6.92 Å². The smallest absolute Gasteiger partial charge is 0.0942 e. The van der Waals surface area contributed by atoms with Crippen molar-refractivity contribution in [1.29, 1.82) is 0 Å². The maximum Gasteiger partial charge on any atom is 0.0942 e. The van der Waals surface area contributed by atoms with Crippen molar-refractivity contribution in [3.63, 3.8) is 0 Å². The molecule has 88 valence electrons. The number of hydrogen-bond donors (Lipinski definition) is 1. The van der Waals surface area contributed by atoms with Crippen LogP contribution in [0.25, 0.3) is 0 Å². The van der Waals surface area contributed by atoms with Gasteiger partial charge in [0.15, 0.2) is 0 Å². The van der Waals surface area contributed by atoms with E-state index in [0.29, 0.717) is 0 Å². The Kier molecular flexibility index (Phi) is 3.62. The fraction of sp³-hybridized carbons (Fsp3) is 0.571. The van der Waals surface area contributed by atoms with Crippen molar-refractivity contribution in [2.24, 2.45) is 0 Å². The van der Waals surface area contributed by atoms with Crippen molar-refractivity contribution in [3.8, 4) is 0 Å². The Morgan fingerprint density at radius 1 is 1.12 bits per heavy atom. The molecule has 0 unspecified atom stereocenters. The van der Waals surface area contributed by atoms with Crippen LogP contribution in [0.4, 0.5) is 0 Å². The zero-order chi connectivity index (χ0) is 11.5. The van der Waals surface area contributed by atoms with E-state index in [4.69, 9.17) is 0 Å². The third-order valence-corrected chi connectivity index (χ3v) is 3.59. The van der Waals surface area contributed by atoms with E-state index in [1.54, 1.807) is 0 Å². The first-order chi connectivity index (χ1) is 7.68. The molecule has 0 bridgehead atoms. The molecule has 0 aliphatic carbocycles. The van der Waals surface area contributed by atoms with Gasteiger partial charge in [0.2, 0.25) is 0 Å². The zero-order valence-corrected chi connectivity index (χ0v) is 10.2. The first-order valence-corrected chi connectivity index (χ1v) is 6.17. The van der Waals surface area contributed by atoms with Crippen LogP contribution in [0.1, 0.15) is 37.0 Å². The monoisotopic (exact) mass is 219 g/mol. The van der Waals surface area contributed by atoms with Gasteiger partial charge in [-0.2, -0.15) is 0 Å². The molecule has 2 atom stereocenters. The van der Waals surface area contributed by atoms with E-state index in [2.05, 4.69) is 30.9 Å². The van der Waals surface area contributed by atoms with Crippen LogP contribution in [0.3, 0.4) is 0 Å². The van der Waals surface area contributed by atoms with Crippen molar-refractivity contribution in [2.75, 3.05) is 13.1 Å². The average Bonchev–Trinajstić information content (AvgIpc) is 2.81. The topological polar surface area (TPSA) is 23.5 Å². The van der Waals surface area contributed by atoms with Gasteiger partial charge in [0, 0.05) is 6.04 Å². The molecule has 0 radical (unpaired) electrons. The molecule has 1 aliphatic heterocycles. The molecule has 1 aromatic rings. The van der Waals surface area contributed by atoms with E-state index in [1.165, 1.54) is 18.4 Å². The lowest BCUT2D eigenvalue weighted by Gasteiger charge is -2.28. The summed E-state index contributed by atoms with van der Waals surface area (Å²) >= 11 is 0. The second-order valence-corrected chi connectivity index (χ2v) is 4.84. The summed E-state index contributed by atoms with van der Waals surface area (Å²) in [5.41, 5.74) is 2.27. The third kappa shape index (κ3) is 2.45. The highest BCUT2D eigenvalue weighted by atomic mass is 16.3. The fourth-order valence-electron chi connectivity index (χ4n) is 2.39. The highest BCUT2D eigenvalue weighted by molar-refractivity contribution is 5.24. The standard InChI is InChI=1S/C14H21NO/c1-11-5-7-13(8-6-11)14(16)12(2)15-9-3-4-10-15/h5-8,12,14,16H,3-4,9-10H2,1-2H3/t12-,14+/m0/s1. The number of nitrogens with zero attached hydrogens (tertiary/aromatic N) is 1. The minimum absolute atomic E-state index is 0.227. The van der Waals surface area contributed by atoms with E-state index in [0.717, 1.165) is 18.7 Å². The highest BCUT2D eigenvalue weighted by Crippen LogP contribution is 2.24. The van der Waals surface area contributed by atoms with Crippen LogP contribution < -0.4 is 0 Å². The molecule has 0 amide bonds. The quantitative estimate of drug-likeness (QED) is 0.844. The highest BCUT2D eigenvalue weighted by Gasteiger charge is 2.24. The summed E-state index contributed by atoms with van der Waals surface area (Å²) in [5.74, 6) is 0. The molecular formula is C14H21NO. The van der Waals surface area contributed by atoms with Crippen molar-refractivity contribution in [2.45, 2.75) is 38.8 Å². The molecule has 16 heavy (non-hydrogen) atoms. The summed E-state index contributed by atoms with van der Waals surface area (Å²) in [5, 5.41) is 10.3. The van der Waals surface area contributed by atoms with E-state index in [-0.39, 0.29) is 12.1 Å². The van der Waals surface area contributed by atoms with Crippen molar-refractivity contribution in [1.82, 2.24) is 4.90 Å².